The number of piperidine rings is 1. The van der Waals surface area contributed by atoms with Gasteiger partial charge in [0.1, 0.15) is 11.2 Å². The lowest BCUT2D eigenvalue weighted by atomic mass is 10.0. The zero-order valence-electron chi connectivity index (χ0n) is 9.87. The molecule has 0 unspecified atom stereocenters. The van der Waals surface area contributed by atoms with Gasteiger partial charge in [-0.1, -0.05) is 0 Å². The van der Waals surface area contributed by atoms with Crippen molar-refractivity contribution in [3.63, 3.8) is 0 Å². The molecule has 1 fully saturated rings. The molecule has 6 nitrogen and oxygen atoms in total. The van der Waals surface area contributed by atoms with Crippen LogP contribution in [0.15, 0.2) is 23.4 Å². The van der Waals surface area contributed by atoms with E-state index in [-0.39, 0.29) is 5.69 Å². The van der Waals surface area contributed by atoms with Gasteiger partial charge in [-0.3, -0.25) is 14.3 Å². The first-order valence-corrected chi connectivity index (χ1v) is 7.18. The average Bonchev–Trinajstić information content (AvgIpc) is 2.40. The van der Waals surface area contributed by atoms with E-state index in [2.05, 4.69) is 10.3 Å². The Morgan fingerprint density at radius 1 is 1.56 bits per heavy atom. The largest absolute Gasteiger partial charge is 0.316 e. The molecule has 0 saturated carbocycles. The van der Waals surface area contributed by atoms with Gasteiger partial charge in [0.15, 0.2) is 0 Å². The summed E-state index contributed by atoms with van der Waals surface area (Å²) in [5, 5.41) is 14.2. The predicted molar refractivity (Wildman–Crippen MR) is 67.8 cm³/mol. The summed E-state index contributed by atoms with van der Waals surface area (Å²) in [5.74, 6) is 0.967. The molecular formula is C11H15N3O3S. The highest BCUT2D eigenvalue weighted by Crippen LogP contribution is 2.16. The van der Waals surface area contributed by atoms with Gasteiger partial charge >= 0.3 is 0 Å². The Kier molecular flexibility index (Phi) is 4.38. The highest BCUT2D eigenvalue weighted by Gasteiger charge is 2.18. The van der Waals surface area contributed by atoms with Crippen LogP contribution in [0.1, 0.15) is 12.8 Å². The van der Waals surface area contributed by atoms with Gasteiger partial charge in [0.05, 0.1) is 15.7 Å². The molecule has 0 radical (unpaired) electrons. The summed E-state index contributed by atoms with van der Waals surface area (Å²) in [7, 11) is -1.18. The van der Waals surface area contributed by atoms with E-state index in [1.165, 1.54) is 12.1 Å². The number of rotatable bonds is 4. The fourth-order valence-corrected chi connectivity index (χ4v) is 3.25. The molecule has 1 aromatic rings. The lowest BCUT2D eigenvalue weighted by molar-refractivity contribution is -0.385. The quantitative estimate of drug-likeness (QED) is 0.653. The molecule has 1 aliphatic rings. The van der Waals surface area contributed by atoms with E-state index in [4.69, 9.17) is 0 Å². The summed E-state index contributed by atoms with van der Waals surface area (Å²) < 4.78 is 12.0. The Balaban J connectivity index is 1.97. The highest BCUT2D eigenvalue weighted by atomic mass is 32.2. The third kappa shape index (κ3) is 3.33. The molecule has 2 atom stereocenters. The van der Waals surface area contributed by atoms with E-state index in [0.717, 1.165) is 32.1 Å². The van der Waals surface area contributed by atoms with Crippen LogP contribution in [0.2, 0.25) is 0 Å². The first-order valence-electron chi connectivity index (χ1n) is 5.86. The summed E-state index contributed by atoms with van der Waals surface area (Å²) in [4.78, 5) is 13.9. The second-order valence-corrected chi connectivity index (χ2v) is 5.78. The number of nitrogens with one attached hydrogen (secondary N) is 1. The summed E-state index contributed by atoms with van der Waals surface area (Å²) >= 11 is 0. The minimum atomic E-state index is -1.18. The van der Waals surface area contributed by atoms with Crippen molar-refractivity contribution in [3.8, 4) is 0 Å². The Bertz CT molecular complexity index is 443. The molecule has 7 heteroatoms. The van der Waals surface area contributed by atoms with Gasteiger partial charge in [0.25, 0.3) is 5.69 Å². The van der Waals surface area contributed by atoms with Crippen molar-refractivity contribution < 1.29 is 9.13 Å². The van der Waals surface area contributed by atoms with E-state index in [9.17, 15) is 14.3 Å². The van der Waals surface area contributed by atoms with E-state index >= 15 is 0 Å². The maximum Gasteiger partial charge on any atom is 0.287 e. The standard InChI is InChI=1S/C11H15N3O3S/c15-14(16)10-3-4-11(13-7-10)18(17)8-9-2-1-5-12-6-9/h3-4,7,9,12H,1-2,5-6,8H2/t9-,18-/m1/s1. The number of nitro groups is 1. The maximum atomic E-state index is 12.0. The molecule has 0 aromatic carbocycles. The van der Waals surface area contributed by atoms with Crippen molar-refractivity contribution in [2.75, 3.05) is 18.8 Å². The van der Waals surface area contributed by atoms with E-state index in [1.807, 2.05) is 0 Å². The van der Waals surface area contributed by atoms with Crippen molar-refractivity contribution >= 4 is 16.5 Å². The van der Waals surface area contributed by atoms with Crippen LogP contribution in [0.3, 0.4) is 0 Å². The lowest BCUT2D eigenvalue weighted by Gasteiger charge is -2.21. The Morgan fingerprint density at radius 2 is 2.39 bits per heavy atom. The van der Waals surface area contributed by atoms with Crippen molar-refractivity contribution in [3.05, 3.63) is 28.4 Å². The molecule has 2 rings (SSSR count). The van der Waals surface area contributed by atoms with Gasteiger partial charge in [0, 0.05) is 11.8 Å². The second kappa shape index (κ2) is 6.01. The molecular weight excluding hydrogens is 254 g/mol. The average molecular weight is 269 g/mol. The van der Waals surface area contributed by atoms with Crippen LogP contribution in [0, 0.1) is 16.0 Å². The van der Waals surface area contributed by atoms with Crippen LogP contribution in [0.25, 0.3) is 0 Å². The maximum absolute atomic E-state index is 12.0. The normalized spacial score (nSPS) is 21.4. The third-order valence-electron chi connectivity index (χ3n) is 2.95. The summed E-state index contributed by atoms with van der Waals surface area (Å²) in [6.45, 7) is 1.91. The fourth-order valence-electron chi connectivity index (χ4n) is 1.98. The van der Waals surface area contributed by atoms with Gasteiger partial charge in [0.2, 0.25) is 0 Å². The van der Waals surface area contributed by atoms with Gasteiger partial charge in [-0.25, -0.2) is 4.98 Å². The zero-order chi connectivity index (χ0) is 13.0. The number of hydrogen-bond acceptors (Lipinski definition) is 5. The van der Waals surface area contributed by atoms with Crippen LogP contribution in [0.4, 0.5) is 5.69 Å². The zero-order valence-corrected chi connectivity index (χ0v) is 10.7. The molecule has 0 amide bonds. The number of aromatic nitrogens is 1. The minimum absolute atomic E-state index is 0.0740. The fraction of sp³-hybridized carbons (Fsp3) is 0.545. The van der Waals surface area contributed by atoms with E-state index in [1.54, 1.807) is 0 Å². The molecule has 1 aliphatic heterocycles. The van der Waals surface area contributed by atoms with Crippen molar-refractivity contribution in [2.45, 2.75) is 17.9 Å². The molecule has 0 aliphatic carbocycles. The predicted octanol–water partition coefficient (Wildman–Crippen LogP) is 1.10. The Labute approximate surface area is 107 Å². The molecule has 98 valence electrons. The molecule has 1 N–H and O–H groups in total. The summed E-state index contributed by atoms with van der Waals surface area (Å²) in [6.07, 6.45) is 3.34. The van der Waals surface area contributed by atoms with Gasteiger partial charge < -0.3 is 5.32 Å². The van der Waals surface area contributed by atoms with Gasteiger partial charge in [-0.05, 0) is 37.9 Å². The smallest absolute Gasteiger partial charge is 0.287 e. The number of pyridine rings is 1. The van der Waals surface area contributed by atoms with Gasteiger partial charge in [-0.15, -0.1) is 0 Å². The number of nitrogens with zero attached hydrogens (tertiary/aromatic N) is 2. The third-order valence-corrected chi connectivity index (χ3v) is 4.43. The highest BCUT2D eigenvalue weighted by molar-refractivity contribution is 7.84. The molecule has 1 saturated heterocycles. The lowest BCUT2D eigenvalue weighted by Crippen LogP contribution is -2.32. The van der Waals surface area contributed by atoms with Crippen LogP contribution >= 0.6 is 0 Å². The van der Waals surface area contributed by atoms with Crippen LogP contribution in [0.5, 0.6) is 0 Å². The summed E-state index contributed by atoms with van der Waals surface area (Å²) in [5.41, 5.74) is -0.0740. The molecule has 1 aromatic heterocycles. The van der Waals surface area contributed by atoms with Crippen LogP contribution in [-0.2, 0) is 10.8 Å². The Morgan fingerprint density at radius 3 is 2.94 bits per heavy atom. The molecule has 0 bridgehead atoms. The molecule has 2 heterocycles. The van der Waals surface area contributed by atoms with Crippen molar-refractivity contribution in [1.82, 2.24) is 10.3 Å². The van der Waals surface area contributed by atoms with Gasteiger partial charge in [-0.2, -0.15) is 0 Å². The summed E-state index contributed by atoms with van der Waals surface area (Å²) in [6, 6.07) is 2.82. The topological polar surface area (TPSA) is 85.1 Å². The molecule has 18 heavy (non-hydrogen) atoms. The first kappa shape index (κ1) is 13.1. The van der Waals surface area contributed by atoms with Crippen molar-refractivity contribution in [1.29, 1.82) is 0 Å². The minimum Gasteiger partial charge on any atom is -0.316 e. The van der Waals surface area contributed by atoms with Crippen LogP contribution < -0.4 is 5.32 Å². The van der Waals surface area contributed by atoms with E-state index in [0.29, 0.717) is 16.7 Å². The SMILES string of the molecule is O=[N+]([O-])c1ccc([S@](=O)C[C@@H]2CCCNC2)nc1. The Hall–Kier alpha value is -1.34. The first-order chi connectivity index (χ1) is 8.66. The monoisotopic (exact) mass is 269 g/mol. The second-order valence-electron chi connectivity index (χ2n) is 4.34. The van der Waals surface area contributed by atoms with Crippen LogP contribution in [-0.4, -0.2) is 33.0 Å². The van der Waals surface area contributed by atoms with E-state index < -0.39 is 15.7 Å². The number of hydrogen-bond donors (Lipinski definition) is 1. The molecule has 0 spiro atoms. The van der Waals surface area contributed by atoms with Crippen molar-refractivity contribution in [2.24, 2.45) is 5.92 Å².